The van der Waals surface area contributed by atoms with Crippen LogP contribution >= 0.6 is 0 Å². The van der Waals surface area contributed by atoms with Crippen LogP contribution in [0.4, 0.5) is 0 Å². The van der Waals surface area contributed by atoms with Crippen LogP contribution < -0.4 is 10.2 Å². The van der Waals surface area contributed by atoms with Gasteiger partial charge in [0, 0.05) is 30.5 Å². The van der Waals surface area contributed by atoms with Crippen LogP contribution in [-0.4, -0.2) is 90.8 Å². The molecule has 0 amide bonds. The molecule has 2 aliphatic heterocycles. The van der Waals surface area contributed by atoms with Gasteiger partial charge in [0.2, 0.25) is 5.43 Å². The third kappa shape index (κ3) is 3.67. The Hall–Kier alpha value is -2.77. The van der Waals surface area contributed by atoms with Crippen LogP contribution in [0.25, 0.3) is 21.8 Å². The maximum absolute atomic E-state index is 13.2. The normalized spacial score (nSPS) is 29.8. The lowest BCUT2D eigenvalue weighted by Gasteiger charge is -2.44. The first-order chi connectivity index (χ1) is 17.1. The molecule has 36 heavy (non-hydrogen) atoms. The van der Waals surface area contributed by atoms with Gasteiger partial charge in [-0.3, -0.25) is 4.79 Å². The topological polar surface area (TPSA) is 171 Å². The zero-order valence-corrected chi connectivity index (χ0v) is 19.7. The molecule has 7 atom stereocenters. The second kappa shape index (κ2) is 8.96. The lowest BCUT2D eigenvalue weighted by molar-refractivity contribution is -0.335. The SMILES string of the molecule is Cn1c2ccccc2c(=O)c2c(O)cc3c(c21)C[C@@H]([C@@](C)(CO)O[C@@H]1O[C@@H](CO)[C@@H](O)[C@@H](O)[C@@H]1O)O3. The summed E-state index contributed by atoms with van der Waals surface area (Å²) in [7, 11) is 1.78. The number of aliphatic hydroxyl groups is 5. The molecule has 0 aliphatic carbocycles. The molecule has 5 rings (SSSR count). The number of aryl methyl sites for hydroxylation is 1. The number of rotatable bonds is 5. The molecule has 3 heterocycles. The molecule has 1 fully saturated rings. The molecule has 0 unspecified atom stereocenters. The lowest BCUT2D eigenvalue weighted by Crippen LogP contribution is -2.62. The number of aliphatic hydroxyl groups excluding tert-OH is 5. The van der Waals surface area contributed by atoms with E-state index in [4.69, 9.17) is 14.2 Å². The first-order valence-electron chi connectivity index (χ1n) is 11.6. The predicted octanol–water partition coefficient (Wildman–Crippen LogP) is -0.732. The van der Waals surface area contributed by atoms with Gasteiger partial charge in [-0.15, -0.1) is 0 Å². The van der Waals surface area contributed by atoms with Crippen LogP contribution in [0.3, 0.4) is 0 Å². The van der Waals surface area contributed by atoms with Crippen molar-refractivity contribution < 1.29 is 44.8 Å². The monoisotopic (exact) mass is 503 g/mol. The summed E-state index contributed by atoms with van der Waals surface area (Å²) in [5.74, 6) is 0.0728. The molecule has 2 aliphatic rings. The second-order valence-corrected chi connectivity index (χ2v) is 9.60. The second-order valence-electron chi connectivity index (χ2n) is 9.60. The number of aromatic hydroxyl groups is 1. The molecule has 11 heteroatoms. The molecule has 2 aromatic carbocycles. The summed E-state index contributed by atoms with van der Waals surface area (Å²) in [5, 5.41) is 61.7. The maximum atomic E-state index is 13.2. The molecule has 0 saturated carbocycles. The number of hydrogen-bond acceptors (Lipinski definition) is 10. The van der Waals surface area contributed by atoms with Crippen molar-refractivity contribution in [3.05, 3.63) is 46.1 Å². The van der Waals surface area contributed by atoms with Gasteiger partial charge in [-0.25, -0.2) is 0 Å². The minimum Gasteiger partial charge on any atom is -0.507 e. The first kappa shape index (κ1) is 24.9. The molecule has 6 N–H and O–H groups in total. The summed E-state index contributed by atoms with van der Waals surface area (Å²) in [5.41, 5.74) is 0.00268. The summed E-state index contributed by atoms with van der Waals surface area (Å²) in [6.45, 7) is 0.327. The molecular formula is C25H29NO10. The fourth-order valence-corrected chi connectivity index (χ4v) is 5.15. The smallest absolute Gasteiger partial charge is 0.200 e. The number of aromatic nitrogens is 1. The van der Waals surface area contributed by atoms with E-state index < -0.39 is 55.6 Å². The highest BCUT2D eigenvalue weighted by Gasteiger charge is 2.50. The van der Waals surface area contributed by atoms with Crippen LogP contribution in [0.15, 0.2) is 35.1 Å². The highest BCUT2D eigenvalue weighted by Crippen LogP contribution is 2.43. The fourth-order valence-electron chi connectivity index (χ4n) is 5.15. The van der Waals surface area contributed by atoms with Crippen molar-refractivity contribution in [3.8, 4) is 11.5 Å². The van der Waals surface area contributed by atoms with E-state index in [9.17, 15) is 35.4 Å². The van der Waals surface area contributed by atoms with E-state index in [1.807, 2.05) is 10.6 Å². The van der Waals surface area contributed by atoms with Crippen molar-refractivity contribution in [2.24, 2.45) is 7.05 Å². The van der Waals surface area contributed by atoms with Gasteiger partial charge in [-0.1, -0.05) is 12.1 Å². The largest absolute Gasteiger partial charge is 0.507 e. The van der Waals surface area contributed by atoms with E-state index in [1.54, 1.807) is 25.2 Å². The Morgan fingerprint density at radius 1 is 1.14 bits per heavy atom. The number of pyridine rings is 1. The van der Waals surface area contributed by atoms with Crippen molar-refractivity contribution >= 4 is 21.8 Å². The van der Waals surface area contributed by atoms with E-state index in [2.05, 4.69) is 0 Å². The molecule has 194 valence electrons. The first-order valence-corrected chi connectivity index (χ1v) is 11.6. The maximum Gasteiger partial charge on any atom is 0.200 e. The minimum atomic E-state index is -1.66. The number of phenols is 1. The van der Waals surface area contributed by atoms with Gasteiger partial charge >= 0.3 is 0 Å². The van der Waals surface area contributed by atoms with Crippen LogP contribution in [0.2, 0.25) is 0 Å². The Labute approximate surface area is 205 Å². The van der Waals surface area contributed by atoms with Gasteiger partial charge < -0.3 is 49.4 Å². The van der Waals surface area contributed by atoms with Crippen molar-refractivity contribution in [1.29, 1.82) is 0 Å². The highest BCUT2D eigenvalue weighted by molar-refractivity contribution is 5.99. The van der Waals surface area contributed by atoms with Gasteiger partial charge in [0.15, 0.2) is 6.29 Å². The number of hydrogen-bond donors (Lipinski definition) is 6. The van der Waals surface area contributed by atoms with Crippen LogP contribution in [0, 0.1) is 0 Å². The lowest BCUT2D eigenvalue weighted by atomic mass is 9.93. The van der Waals surface area contributed by atoms with E-state index in [0.717, 1.165) is 0 Å². The molecule has 3 aromatic rings. The number of para-hydroxylation sites is 1. The average Bonchev–Trinajstić information content (AvgIpc) is 3.31. The molecule has 1 aromatic heterocycles. The molecule has 0 radical (unpaired) electrons. The van der Waals surface area contributed by atoms with Crippen molar-refractivity contribution in [2.45, 2.75) is 55.8 Å². The minimum absolute atomic E-state index is 0.153. The number of fused-ring (bicyclic) bond motifs is 4. The number of phenolic OH excluding ortho intramolecular Hbond substituents is 1. The average molecular weight is 504 g/mol. The Morgan fingerprint density at radius 2 is 1.86 bits per heavy atom. The summed E-state index contributed by atoms with van der Waals surface area (Å²) >= 11 is 0. The molecular weight excluding hydrogens is 474 g/mol. The summed E-state index contributed by atoms with van der Waals surface area (Å²) < 4.78 is 19.3. The van der Waals surface area contributed by atoms with Crippen LogP contribution in [0.5, 0.6) is 11.5 Å². The molecule has 0 bridgehead atoms. The zero-order chi connectivity index (χ0) is 25.9. The quantitative estimate of drug-likeness (QED) is 0.244. The van der Waals surface area contributed by atoms with Gasteiger partial charge in [0.25, 0.3) is 0 Å². The van der Waals surface area contributed by atoms with Crippen molar-refractivity contribution in [1.82, 2.24) is 4.57 Å². The third-order valence-electron chi connectivity index (χ3n) is 7.30. The Morgan fingerprint density at radius 3 is 2.56 bits per heavy atom. The number of benzene rings is 2. The number of nitrogens with zero attached hydrogens (tertiary/aromatic N) is 1. The summed E-state index contributed by atoms with van der Waals surface area (Å²) in [6, 6.07) is 8.43. The fraction of sp³-hybridized carbons (Fsp3) is 0.480. The number of ether oxygens (including phenoxy) is 3. The molecule has 11 nitrogen and oxygen atoms in total. The predicted molar refractivity (Wildman–Crippen MR) is 127 cm³/mol. The summed E-state index contributed by atoms with van der Waals surface area (Å²) in [4.78, 5) is 13.2. The van der Waals surface area contributed by atoms with Gasteiger partial charge in [-0.05, 0) is 19.1 Å². The summed E-state index contributed by atoms with van der Waals surface area (Å²) in [6.07, 6.45) is -8.17. The van der Waals surface area contributed by atoms with Gasteiger partial charge in [0.1, 0.15) is 47.6 Å². The van der Waals surface area contributed by atoms with Crippen molar-refractivity contribution in [3.63, 3.8) is 0 Å². The van der Waals surface area contributed by atoms with Crippen molar-refractivity contribution in [2.75, 3.05) is 13.2 Å². The Balaban J connectivity index is 1.53. The molecule has 0 spiro atoms. The van der Waals surface area contributed by atoms with E-state index in [1.165, 1.54) is 13.0 Å². The van der Waals surface area contributed by atoms with E-state index in [-0.39, 0.29) is 23.0 Å². The standard InChI is InChI=1S/C25H29NO10/c1-25(10-28,36-24-23(33)22(32)21(31)16(9-27)35-24)17-7-12-15(34-17)8-14(29)18-19(12)26(2)13-6-4-3-5-11(13)20(18)30/h3-6,8,16-17,21-24,27-29,31-33H,7,9-10H2,1-2H3/t16-,17-,21+,22+,23-,24-,25+/m0/s1. The Kier molecular flexibility index (Phi) is 6.20. The van der Waals surface area contributed by atoms with Crippen LogP contribution in [0.1, 0.15) is 12.5 Å². The van der Waals surface area contributed by atoms with E-state index >= 15 is 0 Å². The van der Waals surface area contributed by atoms with E-state index in [0.29, 0.717) is 27.7 Å². The zero-order valence-electron chi connectivity index (χ0n) is 19.7. The van der Waals surface area contributed by atoms with Gasteiger partial charge in [0.05, 0.1) is 29.6 Å². The van der Waals surface area contributed by atoms with Crippen LogP contribution in [-0.2, 0) is 22.9 Å². The highest BCUT2D eigenvalue weighted by atomic mass is 16.7. The Bertz CT molecular complexity index is 1370. The molecule has 1 saturated heterocycles. The van der Waals surface area contributed by atoms with Gasteiger partial charge in [-0.2, -0.15) is 0 Å². The third-order valence-corrected chi connectivity index (χ3v) is 7.30.